The summed E-state index contributed by atoms with van der Waals surface area (Å²) in [6.45, 7) is 15.0. The molecule has 0 spiro atoms. The first-order valence-electron chi connectivity index (χ1n) is 17.7. The summed E-state index contributed by atoms with van der Waals surface area (Å²) >= 11 is 0. The van der Waals surface area contributed by atoms with Crippen LogP contribution in [0.4, 0.5) is 0 Å². The number of ether oxygens (including phenoxy) is 1. The lowest BCUT2D eigenvalue weighted by atomic mass is 10.1. The zero-order valence-corrected chi connectivity index (χ0v) is 32.9. The summed E-state index contributed by atoms with van der Waals surface area (Å²) < 4.78 is 50.4. The van der Waals surface area contributed by atoms with Crippen molar-refractivity contribution < 1.29 is 62.6 Å². The van der Waals surface area contributed by atoms with Crippen LogP contribution in [-0.4, -0.2) is 143 Å². The van der Waals surface area contributed by atoms with Crippen molar-refractivity contribution in [3.05, 3.63) is 0 Å². The van der Waals surface area contributed by atoms with Crippen molar-refractivity contribution in [3.8, 4) is 0 Å². The van der Waals surface area contributed by atoms with Crippen LogP contribution in [0.15, 0.2) is 0 Å². The van der Waals surface area contributed by atoms with Crippen molar-refractivity contribution in [1.82, 2.24) is 15.2 Å². The highest BCUT2D eigenvalue weighted by atomic mass is 31.2. The number of unbranched alkanes of at least 4 members (excludes halogenated alkanes) is 4. The Bertz CT molecular complexity index is 818. The second-order valence-electron chi connectivity index (χ2n) is 11.7. The monoisotopic (exact) mass is 753 g/mol. The number of aliphatic hydroxyl groups excluding tert-OH is 2. The zero-order valence-electron chi connectivity index (χ0n) is 31.1. The van der Waals surface area contributed by atoms with Gasteiger partial charge in [-0.05, 0) is 60.8 Å². The Balaban J connectivity index is 0. The van der Waals surface area contributed by atoms with E-state index < -0.39 is 27.4 Å². The Kier molecular flexibility index (Phi) is 32.0. The molecule has 1 fully saturated rings. The SMILES string of the molecule is CC(O)CN(O)CC(C)O.CCCCCCCC(=O)OC1CCN(O)CC1.CCOP(=O)(CCN(O)CCP(=O)(OCC)OCC)OCC. The number of carbonyl (C=O) groups is 1. The summed E-state index contributed by atoms with van der Waals surface area (Å²) in [5.41, 5.74) is 0. The van der Waals surface area contributed by atoms with E-state index in [1.807, 2.05) is 0 Å². The third-order valence-electron chi connectivity index (χ3n) is 6.72. The van der Waals surface area contributed by atoms with Gasteiger partial charge in [0.15, 0.2) is 0 Å². The predicted molar refractivity (Wildman–Crippen MR) is 187 cm³/mol. The molecule has 0 amide bonds. The number of carbonyl (C=O) groups excluding carboxylic acids is 1. The average molecular weight is 754 g/mol. The summed E-state index contributed by atoms with van der Waals surface area (Å²) in [6.07, 6.45) is 6.79. The highest BCUT2D eigenvalue weighted by Gasteiger charge is 2.27. The van der Waals surface area contributed by atoms with Crippen LogP contribution in [0, 0.1) is 0 Å². The number of hydroxylamine groups is 6. The van der Waals surface area contributed by atoms with Crippen LogP contribution in [0.25, 0.3) is 0 Å². The third kappa shape index (κ3) is 30.8. The highest BCUT2D eigenvalue weighted by molar-refractivity contribution is 7.54. The maximum Gasteiger partial charge on any atom is 0.332 e. The molecule has 296 valence electrons. The lowest BCUT2D eigenvalue weighted by Crippen LogP contribution is -2.35. The second-order valence-corrected chi connectivity index (χ2v) is 16.0. The van der Waals surface area contributed by atoms with E-state index in [0.29, 0.717) is 19.5 Å². The maximum atomic E-state index is 12.2. The Labute approximate surface area is 294 Å². The van der Waals surface area contributed by atoms with Gasteiger partial charge in [0.25, 0.3) is 0 Å². The molecule has 0 bridgehead atoms. The standard InChI is InChI=1S/C13H25NO3.C12H29NO7P2.C6H15NO3/c1-2-3-4-5-6-7-13(15)17-12-8-10-14(16)11-9-12;1-5-17-21(15,18-6-2)11-9-13(14)10-12-22(16,19-7-3)20-8-4;1-5(8)3-7(10)4-6(2)9/h12,16H,2-11H2,1H3;14H,5-12H2,1-4H3;5-6,8-10H,3-4H2,1-2H3. The molecule has 2 atom stereocenters. The van der Waals surface area contributed by atoms with E-state index in [9.17, 15) is 24.3 Å². The van der Waals surface area contributed by atoms with Gasteiger partial charge in [0.05, 0.1) is 51.0 Å². The molecule has 2 unspecified atom stereocenters. The van der Waals surface area contributed by atoms with Gasteiger partial charge in [-0.2, -0.15) is 15.2 Å². The molecule has 16 nitrogen and oxygen atoms in total. The van der Waals surface area contributed by atoms with Gasteiger partial charge in [-0.25, -0.2) is 0 Å². The normalized spacial score (nSPS) is 15.7. The van der Waals surface area contributed by atoms with Gasteiger partial charge in [-0.15, -0.1) is 0 Å². The largest absolute Gasteiger partial charge is 0.462 e. The van der Waals surface area contributed by atoms with Crippen molar-refractivity contribution >= 4 is 21.2 Å². The van der Waals surface area contributed by atoms with Crippen LogP contribution < -0.4 is 0 Å². The first kappa shape index (κ1) is 50.6. The van der Waals surface area contributed by atoms with Crippen molar-refractivity contribution in [2.24, 2.45) is 0 Å². The molecule has 5 N–H and O–H groups in total. The van der Waals surface area contributed by atoms with Crippen LogP contribution in [0.2, 0.25) is 0 Å². The molecular weight excluding hydrogens is 684 g/mol. The predicted octanol–water partition coefficient (Wildman–Crippen LogP) is 5.39. The van der Waals surface area contributed by atoms with Gasteiger partial charge in [0.1, 0.15) is 6.10 Å². The number of rotatable bonds is 25. The third-order valence-corrected chi connectivity index (χ3v) is 10.8. The Hall–Kier alpha value is -0.550. The Morgan fingerprint density at radius 3 is 1.51 bits per heavy atom. The van der Waals surface area contributed by atoms with E-state index >= 15 is 0 Å². The van der Waals surface area contributed by atoms with Gasteiger partial charge in [-0.3, -0.25) is 13.9 Å². The molecule has 1 aliphatic rings. The molecule has 0 aliphatic carbocycles. The van der Waals surface area contributed by atoms with Gasteiger partial charge < -0.3 is 48.7 Å². The van der Waals surface area contributed by atoms with Crippen molar-refractivity contribution in [3.63, 3.8) is 0 Å². The summed E-state index contributed by atoms with van der Waals surface area (Å²) in [5, 5.41) is 48.5. The van der Waals surface area contributed by atoms with E-state index in [1.54, 1.807) is 41.5 Å². The lowest BCUT2D eigenvalue weighted by molar-refractivity contribution is -0.161. The van der Waals surface area contributed by atoms with E-state index in [-0.39, 0.29) is 77.0 Å². The van der Waals surface area contributed by atoms with Crippen LogP contribution in [0.3, 0.4) is 0 Å². The topological polar surface area (TPSA) is 208 Å². The van der Waals surface area contributed by atoms with Crippen molar-refractivity contribution in [2.75, 3.05) is 78.0 Å². The van der Waals surface area contributed by atoms with E-state index in [1.165, 1.54) is 24.3 Å². The van der Waals surface area contributed by atoms with Crippen LogP contribution in [0.1, 0.15) is 99.8 Å². The lowest BCUT2D eigenvalue weighted by Gasteiger charge is -2.27. The fourth-order valence-electron chi connectivity index (χ4n) is 4.47. The molecule has 18 heteroatoms. The molecule has 0 aromatic carbocycles. The summed E-state index contributed by atoms with van der Waals surface area (Å²) in [7, 11) is -6.39. The molecule has 1 aliphatic heterocycles. The fraction of sp³-hybridized carbons (Fsp3) is 0.968. The minimum atomic E-state index is -3.20. The van der Waals surface area contributed by atoms with Crippen LogP contribution >= 0.6 is 15.2 Å². The minimum Gasteiger partial charge on any atom is -0.462 e. The first-order valence-corrected chi connectivity index (χ1v) is 21.2. The fourth-order valence-corrected chi connectivity index (χ4v) is 7.66. The molecule has 49 heavy (non-hydrogen) atoms. The summed E-state index contributed by atoms with van der Waals surface area (Å²) in [5.74, 6) is -0.0714. The number of piperidine rings is 1. The second kappa shape index (κ2) is 31.0. The quantitative estimate of drug-likeness (QED) is 0.0343. The van der Waals surface area contributed by atoms with Crippen molar-refractivity contribution in [1.29, 1.82) is 0 Å². The molecule has 0 aromatic rings. The number of hydrogen-bond acceptors (Lipinski definition) is 16. The average Bonchev–Trinajstić information content (AvgIpc) is 3.00. The minimum absolute atomic E-state index is 0.0153. The van der Waals surface area contributed by atoms with Crippen LogP contribution in [0.5, 0.6) is 0 Å². The van der Waals surface area contributed by atoms with Gasteiger partial charge in [-0.1, -0.05) is 32.6 Å². The number of nitrogens with zero attached hydrogens (tertiary/aromatic N) is 3. The summed E-state index contributed by atoms with van der Waals surface area (Å²) in [6, 6.07) is 0. The smallest absolute Gasteiger partial charge is 0.332 e. The maximum absolute atomic E-state index is 12.2. The molecular formula is C31H69N3O13P2. The zero-order chi connectivity index (χ0) is 37.7. The number of hydrogen-bond donors (Lipinski definition) is 5. The van der Waals surface area contributed by atoms with E-state index in [4.69, 9.17) is 38.3 Å². The first-order chi connectivity index (χ1) is 23.1. The summed E-state index contributed by atoms with van der Waals surface area (Å²) in [4.78, 5) is 11.5. The Morgan fingerprint density at radius 1 is 0.735 bits per heavy atom. The molecule has 0 saturated carbocycles. The van der Waals surface area contributed by atoms with E-state index in [0.717, 1.165) is 35.8 Å². The van der Waals surface area contributed by atoms with Gasteiger partial charge >= 0.3 is 21.2 Å². The van der Waals surface area contributed by atoms with Gasteiger partial charge in [0.2, 0.25) is 0 Å². The molecule has 0 aromatic heterocycles. The van der Waals surface area contributed by atoms with Gasteiger partial charge in [0, 0.05) is 45.7 Å². The molecule has 1 heterocycles. The molecule has 1 saturated heterocycles. The number of esters is 1. The van der Waals surface area contributed by atoms with Crippen molar-refractivity contribution in [2.45, 2.75) is 118 Å². The van der Waals surface area contributed by atoms with Crippen LogP contribution in [-0.2, 0) is 36.8 Å². The molecule has 0 radical (unpaired) electrons. The molecule has 1 rings (SSSR count). The number of aliphatic hydroxyl groups is 2. The highest BCUT2D eigenvalue weighted by Crippen LogP contribution is 2.49. The Morgan fingerprint density at radius 2 is 1.14 bits per heavy atom. The van der Waals surface area contributed by atoms with E-state index in [2.05, 4.69) is 6.92 Å².